The third-order valence-corrected chi connectivity index (χ3v) is 3.55. The van der Waals surface area contributed by atoms with Gasteiger partial charge in [0.05, 0.1) is 12.6 Å². The highest BCUT2D eigenvalue weighted by molar-refractivity contribution is 4.95. The lowest BCUT2D eigenvalue weighted by molar-refractivity contribution is -0.279. The largest absolute Gasteiger partial charge is 0.394 e. The van der Waals surface area contributed by atoms with Crippen LogP contribution < -0.4 is 11.5 Å². The van der Waals surface area contributed by atoms with Crippen molar-refractivity contribution in [2.75, 3.05) is 13.2 Å². The molecular weight excluding hydrogens is 272 g/mol. The highest BCUT2D eigenvalue weighted by Crippen LogP contribution is 2.27. The molecule has 2 saturated heterocycles. The van der Waals surface area contributed by atoms with Gasteiger partial charge < -0.3 is 46.1 Å². The van der Waals surface area contributed by atoms with Crippen LogP contribution in [0.25, 0.3) is 0 Å². The number of rotatable bonds is 4. The van der Waals surface area contributed by atoms with Gasteiger partial charge in [-0.05, 0) is 0 Å². The third-order valence-electron chi connectivity index (χ3n) is 3.55. The van der Waals surface area contributed by atoms with Crippen LogP contribution in [-0.2, 0) is 14.2 Å². The lowest BCUT2D eigenvalue weighted by Crippen LogP contribution is -2.64. The van der Waals surface area contributed by atoms with Crippen molar-refractivity contribution in [2.45, 2.75) is 49.0 Å². The first-order valence-electron chi connectivity index (χ1n) is 6.40. The molecule has 2 aliphatic heterocycles. The van der Waals surface area contributed by atoms with Gasteiger partial charge in [0.2, 0.25) is 0 Å². The number of aliphatic hydroxyl groups is 4. The van der Waals surface area contributed by atoms with E-state index in [0.29, 0.717) is 0 Å². The highest BCUT2D eigenvalue weighted by atomic mass is 16.7. The summed E-state index contributed by atoms with van der Waals surface area (Å²) in [5.41, 5.74) is 11.2. The Bertz CT molecular complexity index is 319. The molecule has 0 bridgehead atoms. The van der Waals surface area contributed by atoms with E-state index in [1.165, 1.54) is 0 Å². The predicted octanol–water partition coefficient (Wildman–Crippen LogP) is -3.98. The SMILES string of the molecule is NC[C@H]1O[C@H](O[C@H]2[C@@H](O)[CH]O[C@@H]2CO)[C@H](N)[C@@H](O)[C@@H]1O. The molecule has 2 fully saturated rings. The van der Waals surface area contributed by atoms with Crippen LogP contribution in [-0.4, -0.2) is 82.5 Å². The summed E-state index contributed by atoms with van der Waals surface area (Å²) in [6.45, 7) is 0.765. The maximum atomic E-state index is 9.84. The molecular formula is C11H21N2O7. The summed E-state index contributed by atoms with van der Waals surface area (Å²) in [7, 11) is 0. The van der Waals surface area contributed by atoms with Gasteiger partial charge in [-0.15, -0.1) is 0 Å². The third kappa shape index (κ3) is 2.96. The molecule has 0 amide bonds. The molecule has 0 aromatic heterocycles. The van der Waals surface area contributed by atoms with E-state index >= 15 is 0 Å². The van der Waals surface area contributed by atoms with E-state index < -0.39 is 49.0 Å². The van der Waals surface area contributed by atoms with Gasteiger partial charge in [0.1, 0.15) is 43.2 Å². The minimum Gasteiger partial charge on any atom is -0.394 e. The second-order valence-corrected chi connectivity index (χ2v) is 4.92. The fraction of sp³-hybridized carbons (Fsp3) is 0.909. The van der Waals surface area contributed by atoms with E-state index in [4.69, 9.17) is 30.8 Å². The first kappa shape index (κ1) is 16.0. The summed E-state index contributed by atoms with van der Waals surface area (Å²) >= 11 is 0. The molecule has 0 unspecified atom stereocenters. The fourth-order valence-corrected chi connectivity index (χ4v) is 2.30. The summed E-state index contributed by atoms with van der Waals surface area (Å²) in [5, 5.41) is 38.4. The molecule has 0 aromatic carbocycles. The Balaban J connectivity index is 2.03. The molecule has 20 heavy (non-hydrogen) atoms. The molecule has 8 N–H and O–H groups in total. The monoisotopic (exact) mass is 293 g/mol. The highest BCUT2D eigenvalue weighted by Gasteiger charge is 2.46. The molecule has 0 saturated carbocycles. The zero-order valence-corrected chi connectivity index (χ0v) is 10.8. The quantitative estimate of drug-likeness (QED) is 0.303. The van der Waals surface area contributed by atoms with Crippen molar-refractivity contribution in [1.82, 2.24) is 0 Å². The lowest BCUT2D eigenvalue weighted by atomic mass is 9.97. The Kier molecular flexibility index (Phi) is 5.29. The Morgan fingerprint density at radius 2 is 1.85 bits per heavy atom. The summed E-state index contributed by atoms with van der Waals surface area (Å²) in [6, 6.07) is -1.01. The van der Waals surface area contributed by atoms with E-state index in [2.05, 4.69) is 0 Å². The minimum absolute atomic E-state index is 0.0237. The first-order chi connectivity index (χ1) is 9.49. The van der Waals surface area contributed by atoms with Gasteiger partial charge in [-0.1, -0.05) is 0 Å². The second kappa shape index (κ2) is 6.60. The summed E-state index contributed by atoms with van der Waals surface area (Å²) in [6.07, 6.45) is -7.06. The van der Waals surface area contributed by atoms with Gasteiger partial charge in [-0.2, -0.15) is 0 Å². The van der Waals surface area contributed by atoms with Gasteiger partial charge in [-0.25, -0.2) is 0 Å². The molecule has 117 valence electrons. The van der Waals surface area contributed by atoms with E-state index in [0.717, 1.165) is 6.61 Å². The number of nitrogens with two attached hydrogens (primary N) is 2. The van der Waals surface area contributed by atoms with E-state index in [-0.39, 0.29) is 13.2 Å². The van der Waals surface area contributed by atoms with Crippen molar-refractivity contribution >= 4 is 0 Å². The van der Waals surface area contributed by atoms with Crippen LogP contribution in [0.15, 0.2) is 0 Å². The van der Waals surface area contributed by atoms with Crippen LogP contribution >= 0.6 is 0 Å². The average Bonchev–Trinajstić information content (AvgIpc) is 2.80. The van der Waals surface area contributed by atoms with Crippen LogP contribution in [0.5, 0.6) is 0 Å². The van der Waals surface area contributed by atoms with Crippen molar-refractivity contribution in [3.05, 3.63) is 6.61 Å². The second-order valence-electron chi connectivity index (χ2n) is 4.92. The zero-order chi connectivity index (χ0) is 14.9. The van der Waals surface area contributed by atoms with Crippen LogP contribution in [0, 0.1) is 6.61 Å². The molecule has 2 aliphatic rings. The standard InChI is InChI=1S/C11H21N2O7/c12-1-5-8(16)9(17)7(13)11(19-5)20-10-4(15)3-18-6(10)2-14/h3-11,14-17H,1-2,12-13H2/t4-,5+,6+,7+,8+,9+,10-,11+/m0/s1. The summed E-state index contributed by atoms with van der Waals surface area (Å²) < 4.78 is 15.9. The van der Waals surface area contributed by atoms with Crippen LogP contribution in [0.1, 0.15) is 0 Å². The Morgan fingerprint density at radius 3 is 2.45 bits per heavy atom. The normalized spacial score (nSPS) is 49.5. The van der Waals surface area contributed by atoms with E-state index in [9.17, 15) is 15.3 Å². The van der Waals surface area contributed by atoms with Gasteiger partial charge in [0, 0.05) is 6.54 Å². The number of aliphatic hydroxyl groups excluding tert-OH is 4. The number of ether oxygens (including phenoxy) is 3. The first-order valence-corrected chi connectivity index (χ1v) is 6.40. The van der Waals surface area contributed by atoms with Crippen molar-refractivity contribution in [2.24, 2.45) is 11.5 Å². The van der Waals surface area contributed by atoms with E-state index in [1.807, 2.05) is 0 Å². The van der Waals surface area contributed by atoms with Crippen molar-refractivity contribution in [1.29, 1.82) is 0 Å². The average molecular weight is 293 g/mol. The molecule has 2 rings (SSSR count). The molecule has 0 spiro atoms. The predicted molar refractivity (Wildman–Crippen MR) is 64.8 cm³/mol. The van der Waals surface area contributed by atoms with Gasteiger partial charge in [0.25, 0.3) is 0 Å². The molecule has 8 atom stereocenters. The molecule has 0 aliphatic carbocycles. The van der Waals surface area contributed by atoms with Crippen LogP contribution in [0.4, 0.5) is 0 Å². The maximum absolute atomic E-state index is 9.84. The topological polar surface area (TPSA) is 161 Å². The number of hydrogen-bond acceptors (Lipinski definition) is 9. The van der Waals surface area contributed by atoms with Gasteiger partial charge in [-0.3, -0.25) is 0 Å². The molecule has 1 radical (unpaired) electrons. The van der Waals surface area contributed by atoms with Gasteiger partial charge >= 0.3 is 0 Å². The zero-order valence-electron chi connectivity index (χ0n) is 10.8. The van der Waals surface area contributed by atoms with Crippen molar-refractivity contribution < 1.29 is 34.6 Å². The van der Waals surface area contributed by atoms with Gasteiger partial charge in [0.15, 0.2) is 6.29 Å². The molecule has 2 heterocycles. The minimum atomic E-state index is -1.27. The summed E-state index contributed by atoms with van der Waals surface area (Å²) in [5.74, 6) is 0. The van der Waals surface area contributed by atoms with Crippen LogP contribution in [0.3, 0.4) is 0 Å². The van der Waals surface area contributed by atoms with Crippen LogP contribution in [0.2, 0.25) is 0 Å². The Hall–Kier alpha value is -0.360. The van der Waals surface area contributed by atoms with Crippen molar-refractivity contribution in [3.8, 4) is 0 Å². The maximum Gasteiger partial charge on any atom is 0.176 e. The van der Waals surface area contributed by atoms with E-state index in [1.54, 1.807) is 0 Å². The molecule has 9 nitrogen and oxygen atoms in total. The Labute approximate surface area is 116 Å². The lowest BCUT2D eigenvalue weighted by Gasteiger charge is -2.42. The Morgan fingerprint density at radius 1 is 1.15 bits per heavy atom. The fourth-order valence-electron chi connectivity index (χ4n) is 2.30. The molecule has 0 aromatic rings. The number of hydrogen-bond donors (Lipinski definition) is 6. The summed E-state index contributed by atoms with van der Waals surface area (Å²) in [4.78, 5) is 0. The molecule has 9 heteroatoms. The smallest absolute Gasteiger partial charge is 0.176 e. The van der Waals surface area contributed by atoms with Crippen molar-refractivity contribution in [3.63, 3.8) is 0 Å².